The smallest absolute Gasteiger partial charge is 0.251 e. The highest BCUT2D eigenvalue weighted by Gasteiger charge is 2.12. The Balaban J connectivity index is 2.64. The lowest BCUT2D eigenvalue weighted by Crippen LogP contribution is -2.42. The molecule has 2 amide bonds. The molecule has 0 radical (unpaired) electrons. The number of carbonyl (C=O) groups is 2. The molecular weight excluding hydrogens is 180 g/mol. The highest BCUT2D eigenvalue weighted by Crippen LogP contribution is 1.98. The summed E-state index contributed by atoms with van der Waals surface area (Å²) in [5.41, 5.74) is 5.52. The van der Waals surface area contributed by atoms with Crippen molar-refractivity contribution >= 4 is 11.8 Å². The van der Waals surface area contributed by atoms with Gasteiger partial charge in [-0.3, -0.25) is 9.59 Å². The number of benzene rings is 1. The van der Waals surface area contributed by atoms with Gasteiger partial charge in [-0.15, -0.1) is 0 Å². The van der Waals surface area contributed by atoms with Crippen molar-refractivity contribution in [2.24, 2.45) is 5.73 Å². The fourth-order valence-corrected chi connectivity index (χ4v) is 0.941. The highest BCUT2D eigenvalue weighted by atomic mass is 16.2. The van der Waals surface area contributed by atoms with Gasteiger partial charge in [-0.25, -0.2) is 0 Å². The molecule has 1 rings (SSSR count). The Morgan fingerprint density at radius 2 is 1.86 bits per heavy atom. The van der Waals surface area contributed by atoms with E-state index in [1.165, 1.54) is 0 Å². The molecule has 0 heterocycles. The zero-order chi connectivity index (χ0) is 10.6. The molecule has 0 aliphatic rings. The van der Waals surface area contributed by atoms with E-state index in [2.05, 4.69) is 5.32 Å². The molecule has 4 nitrogen and oxygen atoms in total. The lowest BCUT2D eigenvalue weighted by molar-refractivity contribution is -0.119. The Hall–Kier alpha value is -1.84. The molecule has 1 atom stereocenters. The Morgan fingerprint density at radius 1 is 1.29 bits per heavy atom. The van der Waals surface area contributed by atoms with Crippen molar-refractivity contribution in [1.82, 2.24) is 5.32 Å². The third kappa shape index (κ3) is 2.58. The molecule has 0 spiro atoms. The van der Waals surface area contributed by atoms with Crippen LogP contribution in [0.25, 0.3) is 0 Å². The van der Waals surface area contributed by atoms with Crippen LogP contribution in [-0.2, 0) is 4.79 Å². The minimum Gasteiger partial charge on any atom is -0.368 e. The van der Waals surface area contributed by atoms with Crippen molar-refractivity contribution in [2.75, 3.05) is 0 Å². The number of amides is 2. The SMILES string of the molecule is CC(NC(=O)c1ccccc1)C(N)=O. The number of nitrogens with two attached hydrogens (primary N) is 1. The van der Waals surface area contributed by atoms with Crippen LogP contribution in [0.5, 0.6) is 0 Å². The van der Waals surface area contributed by atoms with E-state index in [9.17, 15) is 9.59 Å². The first-order valence-corrected chi connectivity index (χ1v) is 4.26. The Kier molecular flexibility index (Phi) is 3.23. The number of hydrogen-bond acceptors (Lipinski definition) is 2. The first-order chi connectivity index (χ1) is 6.61. The average Bonchev–Trinajstić information content (AvgIpc) is 2.19. The molecule has 0 aliphatic heterocycles. The van der Waals surface area contributed by atoms with Crippen LogP contribution in [0.3, 0.4) is 0 Å². The molecule has 74 valence electrons. The first kappa shape index (κ1) is 10.2. The van der Waals surface area contributed by atoms with E-state index < -0.39 is 11.9 Å². The van der Waals surface area contributed by atoms with E-state index in [-0.39, 0.29) is 5.91 Å². The summed E-state index contributed by atoms with van der Waals surface area (Å²) in [6.45, 7) is 1.54. The van der Waals surface area contributed by atoms with Crippen LogP contribution in [0, 0.1) is 0 Å². The summed E-state index contributed by atoms with van der Waals surface area (Å²) < 4.78 is 0. The molecular formula is C10H12N2O2. The predicted molar refractivity (Wildman–Crippen MR) is 52.6 cm³/mol. The van der Waals surface area contributed by atoms with Gasteiger partial charge in [-0.05, 0) is 19.1 Å². The summed E-state index contributed by atoms with van der Waals surface area (Å²) >= 11 is 0. The number of hydrogen-bond donors (Lipinski definition) is 2. The predicted octanol–water partition coefficient (Wildman–Crippen LogP) is 0.290. The monoisotopic (exact) mass is 192 g/mol. The van der Waals surface area contributed by atoms with Crippen LogP contribution < -0.4 is 11.1 Å². The van der Waals surface area contributed by atoms with Crippen LogP contribution in [0.2, 0.25) is 0 Å². The molecule has 0 fully saturated rings. The van der Waals surface area contributed by atoms with Gasteiger partial charge in [0.2, 0.25) is 5.91 Å². The minimum absolute atomic E-state index is 0.295. The van der Waals surface area contributed by atoms with Gasteiger partial charge in [0, 0.05) is 5.56 Å². The normalized spacial score (nSPS) is 11.8. The summed E-state index contributed by atoms with van der Waals surface area (Å²) in [7, 11) is 0. The van der Waals surface area contributed by atoms with Crippen LogP contribution in [0.15, 0.2) is 30.3 Å². The van der Waals surface area contributed by atoms with E-state index in [4.69, 9.17) is 5.73 Å². The molecule has 3 N–H and O–H groups in total. The van der Waals surface area contributed by atoms with Crippen molar-refractivity contribution in [1.29, 1.82) is 0 Å². The fraction of sp³-hybridized carbons (Fsp3) is 0.200. The number of primary amides is 1. The number of carbonyl (C=O) groups excluding carboxylic acids is 2. The van der Waals surface area contributed by atoms with E-state index in [0.29, 0.717) is 5.56 Å². The van der Waals surface area contributed by atoms with E-state index in [1.807, 2.05) is 6.07 Å². The van der Waals surface area contributed by atoms with Crippen molar-refractivity contribution in [3.63, 3.8) is 0 Å². The summed E-state index contributed by atoms with van der Waals surface area (Å²) in [5.74, 6) is -0.841. The molecule has 0 bridgehead atoms. The summed E-state index contributed by atoms with van der Waals surface area (Å²) in [6.07, 6.45) is 0. The van der Waals surface area contributed by atoms with Gasteiger partial charge in [0.25, 0.3) is 5.91 Å². The number of rotatable bonds is 3. The maximum Gasteiger partial charge on any atom is 0.251 e. The second-order valence-electron chi connectivity index (χ2n) is 2.96. The highest BCUT2D eigenvalue weighted by molar-refractivity contribution is 5.97. The van der Waals surface area contributed by atoms with Gasteiger partial charge in [-0.2, -0.15) is 0 Å². The van der Waals surface area contributed by atoms with E-state index in [1.54, 1.807) is 31.2 Å². The van der Waals surface area contributed by atoms with Gasteiger partial charge >= 0.3 is 0 Å². The maximum atomic E-state index is 11.4. The topological polar surface area (TPSA) is 72.2 Å². The third-order valence-electron chi connectivity index (χ3n) is 1.81. The van der Waals surface area contributed by atoms with Gasteiger partial charge in [0.1, 0.15) is 6.04 Å². The third-order valence-corrected chi connectivity index (χ3v) is 1.81. The summed E-state index contributed by atoms with van der Waals surface area (Å²) in [5, 5.41) is 2.48. The molecule has 0 saturated carbocycles. The van der Waals surface area contributed by atoms with Crippen LogP contribution >= 0.6 is 0 Å². The molecule has 0 saturated heterocycles. The van der Waals surface area contributed by atoms with Crippen molar-refractivity contribution < 1.29 is 9.59 Å². The minimum atomic E-state index is -0.650. The molecule has 4 heteroatoms. The van der Waals surface area contributed by atoms with Gasteiger partial charge in [0.15, 0.2) is 0 Å². The van der Waals surface area contributed by atoms with E-state index in [0.717, 1.165) is 0 Å². The van der Waals surface area contributed by atoms with E-state index >= 15 is 0 Å². The Labute approximate surface area is 82.1 Å². The Bertz CT molecular complexity index is 335. The first-order valence-electron chi connectivity index (χ1n) is 4.26. The second-order valence-corrected chi connectivity index (χ2v) is 2.96. The largest absolute Gasteiger partial charge is 0.368 e. The van der Waals surface area contributed by atoms with Crippen LogP contribution in [0.4, 0.5) is 0 Å². The number of nitrogens with one attached hydrogen (secondary N) is 1. The molecule has 0 aliphatic carbocycles. The average molecular weight is 192 g/mol. The lowest BCUT2D eigenvalue weighted by atomic mass is 10.2. The van der Waals surface area contributed by atoms with Gasteiger partial charge in [-0.1, -0.05) is 18.2 Å². The molecule has 14 heavy (non-hydrogen) atoms. The maximum absolute atomic E-state index is 11.4. The standard InChI is InChI=1S/C10H12N2O2/c1-7(9(11)13)12-10(14)8-5-3-2-4-6-8/h2-7H,1H3,(H2,11,13)(H,12,14). The molecule has 1 aromatic rings. The fourth-order valence-electron chi connectivity index (χ4n) is 0.941. The van der Waals surface area contributed by atoms with Crippen molar-refractivity contribution in [3.8, 4) is 0 Å². The van der Waals surface area contributed by atoms with Gasteiger partial charge in [0.05, 0.1) is 0 Å². The zero-order valence-corrected chi connectivity index (χ0v) is 7.86. The van der Waals surface area contributed by atoms with Crippen molar-refractivity contribution in [2.45, 2.75) is 13.0 Å². The quantitative estimate of drug-likeness (QED) is 0.722. The van der Waals surface area contributed by atoms with Crippen LogP contribution in [-0.4, -0.2) is 17.9 Å². The summed E-state index contributed by atoms with van der Waals surface area (Å²) in [6, 6.07) is 8.01. The second kappa shape index (κ2) is 4.41. The summed E-state index contributed by atoms with van der Waals surface area (Å²) in [4.78, 5) is 22.1. The van der Waals surface area contributed by atoms with Crippen LogP contribution in [0.1, 0.15) is 17.3 Å². The van der Waals surface area contributed by atoms with Crippen molar-refractivity contribution in [3.05, 3.63) is 35.9 Å². The zero-order valence-electron chi connectivity index (χ0n) is 7.86. The molecule has 0 aromatic heterocycles. The molecule has 1 aromatic carbocycles. The molecule has 1 unspecified atom stereocenters. The Morgan fingerprint density at radius 3 is 2.36 bits per heavy atom. The lowest BCUT2D eigenvalue weighted by Gasteiger charge is -2.09. The van der Waals surface area contributed by atoms with Gasteiger partial charge < -0.3 is 11.1 Å².